The second-order valence-corrected chi connectivity index (χ2v) is 8.31. The fraction of sp³-hybridized carbons (Fsp3) is 0.333. The molecule has 0 saturated carbocycles. The largest absolute Gasteiger partial charge is 0.504 e. The Morgan fingerprint density at radius 2 is 1.82 bits per heavy atom. The SMILES string of the molecule is CCOC(=O)C1=C(C)NC2=C(C(=O)CC(c3ccccc3)C2)C1c1ccc(O)c(OCC)c1. The molecule has 2 unspecified atom stereocenters. The molecule has 6 heteroatoms. The van der Waals surface area contributed by atoms with Crippen molar-refractivity contribution in [2.24, 2.45) is 0 Å². The van der Waals surface area contributed by atoms with Crippen LogP contribution in [-0.2, 0) is 14.3 Å². The number of nitrogens with one attached hydrogen (secondary N) is 1. The topological polar surface area (TPSA) is 84.9 Å². The summed E-state index contributed by atoms with van der Waals surface area (Å²) in [5, 5.41) is 13.5. The number of rotatable bonds is 6. The summed E-state index contributed by atoms with van der Waals surface area (Å²) in [6, 6.07) is 15.0. The molecular formula is C27H29NO5. The third-order valence-electron chi connectivity index (χ3n) is 6.21. The first-order valence-corrected chi connectivity index (χ1v) is 11.4. The molecule has 1 aliphatic carbocycles. The number of ether oxygens (including phenoxy) is 2. The monoisotopic (exact) mass is 447 g/mol. The number of allylic oxidation sites excluding steroid dienone is 3. The first-order chi connectivity index (χ1) is 15.9. The van der Waals surface area contributed by atoms with Gasteiger partial charge in [0.05, 0.1) is 18.8 Å². The van der Waals surface area contributed by atoms with Crippen LogP contribution in [-0.4, -0.2) is 30.1 Å². The predicted molar refractivity (Wildman–Crippen MR) is 125 cm³/mol. The number of hydrogen-bond donors (Lipinski definition) is 2. The highest BCUT2D eigenvalue weighted by Crippen LogP contribution is 2.46. The van der Waals surface area contributed by atoms with Gasteiger partial charge >= 0.3 is 5.97 Å². The molecule has 0 spiro atoms. The summed E-state index contributed by atoms with van der Waals surface area (Å²) < 4.78 is 10.9. The molecule has 4 rings (SSSR count). The number of aromatic hydroxyl groups is 1. The minimum absolute atomic E-state index is 0.00272. The van der Waals surface area contributed by atoms with Gasteiger partial charge in [0.25, 0.3) is 0 Å². The molecule has 1 aliphatic heterocycles. The fourth-order valence-electron chi connectivity index (χ4n) is 4.79. The summed E-state index contributed by atoms with van der Waals surface area (Å²) in [7, 11) is 0. The van der Waals surface area contributed by atoms with Crippen molar-refractivity contribution in [2.45, 2.75) is 45.4 Å². The second kappa shape index (κ2) is 9.53. The van der Waals surface area contributed by atoms with Gasteiger partial charge in [0.1, 0.15) is 0 Å². The van der Waals surface area contributed by atoms with Gasteiger partial charge in [-0.1, -0.05) is 36.4 Å². The molecule has 2 aromatic rings. The number of carbonyl (C=O) groups excluding carboxylic acids is 2. The average Bonchev–Trinajstić information content (AvgIpc) is 2.80. The molecule has 0 bridgehead atoms. The molecule has 0 radical (unpaired) electrons. The molecule has 33 heavy (non-hydrogen) atoms. The standard InChI is InChI=1S/C27H29NO5/c1-4-32-23-15-18(11-12-21(23)29)25-24(27(31)33-5-2)16(3)28-20-13-19(14-22(30)26(20)25)17-9-7-6-8-10-17/h6-12,15,19,25,28-29H,4-5,13-14H2,1-3H3. The van der Waals surface area contributed by atoms with Crippen molar-refractivity contribution >= 4 is 11.8 Å². The van der Waals surface area contributed by atoms with Gasteiger partial charge in [-0.15, -0.1) is 0 Å². The summed E-state index contributed by atoms with van der Waals surface area (Å²) in [5.41, 5.74) is 4.33. The van der Waals surface area contributed by atoms with Gasteiger partial charge in [0, 0.05) is 29.3 Å². The minimum atomic E-state index is -0.593. The zero-order valence-corrected chi connectivity index (χ0v) is 19.2. The first kappa shape index (κ1) is 22.6. The number of ketones is 1. The van der Waals surface area contributed by atoms with Crippen molar-refractivity contribution in [3.63, 3.8) is 0 Å². The van der Waals surface area contributed by atoms with Gasteiger partial charge < -0.3 is 19.9 Å². The lowest BCUT2D eigenvalue weighted by atomic mass is 9.71. The van der Waals surface area contributed by atoms with Gasteiger partial charge in [-0.2, -0.15) is 0 Å². The van der Waals surface area contributed by atoms with Crippen molar-refractivity contribution < 1.29 is 24.2 Å². The van der Waals surface area contributed by atoms with E-state index in [1.54, 1.807) is 25.1 Å². The first-order valence-electron chi connectivity index (χ1n) is 11.4. The molecule has 0 aromatic heterocycles. The number of phenols is 1. The highest BCUT2D eigenvalue weighted by Gasteiger charge is 2.41. The molecule has 2 aliphatic rings. The van der Waals surface area contributed by atoms with Gasteiger partial charge in [0.2, 0.25) is 0 Å². The lowest BCUT2D eigenvalue weighted by molar-refractivity contribution is -0.138. The lowest BCUT2D eigenvalue weighted by Gasteiger charge is -2.36. The number of benzene rings is 2. The van der Waals surface area contributed by atoms with E-state index in [9.17, 15) is 14.7 Å². The number of dihydropyridines is 1. The predicted octanol–water partition coefficient (Wildman–Crippen LogP) is 4.72. The van der Waals surface area contributed by atoms with E-state index in [1.165, 1.54) is 0 Å². The number of phenolic OH excluding ortho intramolecular Hbond substituents is 1. The van der Waals surface area contributed by atoms with Crippen LogP contribution in [0.4, 0.5) is 0 Å². The number of carbonyl (C=O) groups is 2. The third kappa shape index (κ3) is 4.38. The van der Waals surface area contributed by atoms with Crippen molar-refractivity contribution in [3.8, 4) is 11.5 Å². The van der Waals surface area contributed by atoms with Gasteiger partial charge in [-0.3, -0.25) is 4.79 Å². The van der Waals surface area contributed by atoms with Crippen molar-refractivity contribution in [1.29, 1.82) is 0 Å². The average molecular weight is 448 g/mol. The van der Waals surface area contributed by atoms with Crippen LogP contribution >= 0.6 is 0 Å². The highest BCUT2D eigenvalue weighted by atomic mass is 16.5. The minimum Gasteiger partial charge on any atom is -0.504 e. The number of Topliss-reactive ketones (excluding diaryl/α,β-unsaturated/α-hetero) is 1. The third-order valence-corrected chi connectivity index (χ3v) is 6.21. The molecule has 2 atom stereocenters. The molecule has 0 saturated heterocycles. The maximum absolute atomic E-state index is 13.6. The molecule has 2 aromatic carbocycles. The summed E-state index contributed by atoms with van der Waals surface area (Å²) >= 11 is 0. The quantitative estimate of drug-likeness (QED) is 0.624. The van der Waals surface area contributed by atoms with Gasteiger partial charge in [0.15, 0.2) is 17.3 Å². The number of hydrogen-bond acceptors (Lipinski definition) is 6. The summed E-state index contributed by atoms with van der Waals surface area (Å²) in [6.07, 6.45) is 1.04. The van der Waals surface area contributed by atoms with E-state index < -0.39 is 11.9 Å². The normalized spacial score (nSPS) is 20.3. The Kier molecular flexibility index (Phi) is 6.54. The Bertz CT molecular complexity index is 1130. The Labute approximate surface area is 193 Å². The maximum atomic E-state index is 13.6. The molecule has 1 heterocycles. The Morgan fingerprint density at radius 1 is 1.06 bits per heavy atom. The fourth-order valence-corrected chi connectivity index (χ4v) is 4.79. The Morgan fingerprint density at radius 3 is 2.52 bits per heavy atom. The van der Waals surface area contributed by atoms with Crippen molar-refractivity contribution in [3.05, 3.63) is 82.2 Å². The lowest BCUT2D eigenvalue weighted by Crippen LogP contribution is -2.36. The van der Waals surface area contributed by atoms with Crippen molar-refractivity contribution in [2.75, 3.05) is 13.2 Å². The van der Waals surface area contributed by atoms with Crippen LogP contribution in [0.25, 0.3) is 0 Å². The summed E-state index contributed by atoms with van der Waals surface area (Å²) in [5.74, 6) is -0.639. The van der Waals surface area contributed by atoms with Crippen molar-refractivity contribution in [1.82, 2.24) is 5.32 Å². The van der Waals surface area contributed by atoms with E-state index in [0.29, 0.717) is 47.6 Å². The van der Waals surface area contributed by atoms with E-state index in [2.05, 4.69) is 5.32 Å². The summed E-state index contributed by atoms with van der Waals surface area (Å²) in [6.45, 7) is 6.05. The van der Waals surface area contributed by atoms with E-state index in [-0.39, 0.29) is 24.1 Å². The Hall–Kier alpha value is -3.54. The molecule has 6 nitrogen and oxygen atoms in total. The van der Waals surface area contributed by atoms with E-state index >= 15 is 0 Å². The van der Waals surface area contributed by atoms with Crippen LogP contribution in [0.15, 0.2) is 71.1 Å². The second-order valence-electron chi connectivity index (χ2n) is 8.31. The van der Waals surface area contributed by atoms with Crippen LogP contribution < -0.4 is 10.1 Å². The zero-order valence-electron chi connectivity index (χ0n) is 19.2. The van der Waals surface area contributed by atoms with E-state index in [1.807, 2.05) is 44.2 Å². The van der Waals surface area contributed by atoms with Crippen LogP contribution in [0.5, 0.6) is 11.5 Å². The smallest absolute Gasteiger partial charge is 0.336 e. The van der Waals surface area contributed by atoms with Crippen LogP contribution in [0, 0.1) is 0 Å². The van der Waals surface area contributed by atoms with E-state index in [0.717, 1.165) is 11.3 Å². The maximum Gasteiger partial charge on any atom is 0.336 e. The van der Waals surface area contributed by atoms with Crippen LogP contribution in [0.3, 0.4) is 0 Å². The number of esters is 1. The zero-order chi connectivity index (χ0) is 23.5. The molecule has 0 fully saturated rings. The highest BCUT2D eigenvalue weighted by molar-refractivity contribution is 6.04. The summed E-state index contributed by atoms with van der Waals surface area (Å²) in [4.78, 5) is 26.6. The van der Waals surface area contributed by atoms with Crippen LogP contribution in [0.2, 0.25) is 0 Å². The molecular weight excluding hydrogens is 418 g/mol. The van der Waals surface area contributed by atoms with E-state index in [4.69, 9.17) is 9.47 Å². The molecule has 0 amide bonds. The molecule has 172 valence electrons. The van der Waals surface area contributed by atoms with Gasteiger partial charge in [-0.05, 0) is 56.4 Å². The van der Waals surface area contributed by atoms with Crippen LogP contribution in [0.1, 0.15) is 56.6 Å². The van der Waals surface area contributed by atoms with Gasteiger partial charge in [-0.25, -0.2) is 4.79 Å². The molecule has 2 N–H and O–H groups in total. The Balaban J connectivity index is 1.82.